The smallest absolute Gasteiger partial charge is 0.212 e. The predicted octanol–water partition coefficient (Wildman–Crippen LogP) is 4.59. The lowest BCUT2D eigenvalue weighted by molar-refractivity contribution is 0.0544. The van der Waals surface area contributed by atoms with Crippen LogP contribution in [0.5, 0.6) is 0 Å². The van der Waals surface area contributed by atoms with E-state index in [4.69, 9.17) is 20.4 Å². The van der Waals surface area contributed by atoms with Gasteiger partial charge in [-0.1, -0.05) is 24.3 Å². The summed E-state index contributed by atoms with van der Waals surface area (Å²) < 4.78 is 7.91. The molecule has 6 rings (SSSR count). The molecule has 192 valence electrons. The quantitative estimate of drug-likeness (QED) is 0.519. The van der Waals surface area contributed by atoms with E-state index in [1.54, 1.807) is 0 Å². The number of imidazole rings is 1. The number of allylic oxidation sites excluding steroid dienone is 1. The second-order valence-corrected chi connectivity index (χ2v) is 9.71. The number of aromatic nitrogens is 2. The molecule has 3 heterocycles. The summed E-state index contributed by atoms with van der Waals surface area (Å²) in [4.78, 5) is 14.6. The number of hydrogen-bond donors (Lipinski definition) is 2. The van der Waals surface area contributed by atoms with Gasteiger partial charge >= 0.3 is 0 Å². The Morgan fingerprint density at radius 2 is 1.81 bits per heavy atom. The largest absolute Gasteiger partial charge is 0.378 e. The summed E-state index contributed by atoms with van der Waals surface area (Å²) >= 11 is 0. The lowest BCUT2D eigenvalue weighted by atomic mass is 10.1. The maximum atomic E-state index is 6.28. The van der Waals surface area contributed by atoms with Crippen molar-refractivity contribution >= 4 is 34.7 Å². The van der Waals surface area contributed by atoms with Gasteiger partial charge in [0, 0.05) is 37.6 Å². The number of morpholine rings is 1. The highest BCUT2D eigenvalue weighted by atomic mass is 16.5. The molecule has 2 aromatic carbocycles. The van der Waals surface area contributed by atoms with Gasteiger partial charge in [0.15, 0.2) is 12.1 Å². The lowest BCUT2D eigenvalue weighted by Gasteiger charge is -2.33. The SMILES string of the molecule is CCN(CC)c1ccc(/C=C2\CCC(C3N=C(N)Nc4nc5ccccc5n43)=C2N2CCOCC2)cc1. The Kier molecular flexibility index (Phi) is 6.34. The first kappa shape index (κ1) is 23.6. The van der Waals surface area contributed by atoms with E-state index in [1.165, 1.54) is 28.1 Å². The van der Waals surface area contributed by atoms with Crippen molar-refractivity contribution in [2.24, 2.45) is 10.7 Å². The van der Waals surface area contributed by atoms with Gasteiger partial charge in [0.05, 0.1) is 24.2 Å². The number of para-hydroxylation sites is 2. The number of hydrogen-bond acceptors (Lipinski definition) is 7. The van der Waals surface area contributed by atoms with Crippen LogP contribution in [0.2, 0.25) is 0 Å². The van der Waals surface area contributed by atoms with Crippen molar-refractivity contribution in [1.29, 1.82) is 0 Å². The minimum absolute atomic E-state index is 0.225. The number of guanidine groups is 1. The monoisotopic (exact) mass is 497 g/mol. The van der Waals surface area contributed by atoms with E-state index in [-0.39, 0.29) is 6.17 Å². The number of aliphatic imine (C=N–C) groups is 1. The first-order valence-corrected chi connectivity index (χ1v) is 13.3. The Morgan fingerprint density at radius 3 is 2.57 bits per heavy atom. The Hall–Kier alpha value is -3.78. The molecule has 1 atom stereocenters. The van der Waals surface area contributed by atoms with Crippen LogP contribution in [0, 0.1) is 0 Å². The van der Waals surface area contributed by atoms with Crippen LogP contribution >= 0.6 is 0 Å². The van der Waals surface area contributed by atoms with Crippen LogP contribution in [0.15, 0.2) is 70.4 Å². The maximum absolute atomic E-state index is 6.28. The van der Waals surface area contributed by atoms with Gasteiger partial charge in [-0.25, -0.2) is 9.98 Å². The molecule has 3 aromatic rings. The molecular weight excluding hydrogens is 462 g/mol. The highest BCUT2D eigenvalue weighted by Gasteiger charge is 2.34. The van der Waals surface area contributed by atoms with E-state index in [9.17, 15) is 0 Å². The Bertz CT molecular complexity index is 1380. The van der Waals surface area contributed by atoms with Gasteiger partial charge in [-0.05, 0) is 73.7 Å². The van der Waals surface area contributed by atoms with Gasteiger partial charge in [0.25, 0.3) is 0 Å². The predicted molar refractivity (Wildman–Crippen MR) is 151 cm³/mol. The van der Waals surface area contributed by atoms with Crippen LogP contribution in [-0.2, 0) is 4.74 Å². The first-order chi connectivity index (χ1) is 18.2. The van der Waals surface area contributed by atoms with Crippen molar-refractivity contribution in [3.63, 3.8) is 0 Å². The van der Waals surface area contributed by atoms with Crippen molar-refractivity contribution in [2.75, 3.05) is 49.6 Å². The molecule has 1 saturated heterocycles. The van der Waals surface area contributed by atoms with Gasteiger partial charge in [0.1, 0.15) is 0 Å². The second kappa shape index (κ2) is 9.94. The number of rotatable bonds is 6. The molecule has 0 spiro atoms. The lowest BCUT2D eigenvalue weighted by Crippen LogP contribution is -2.37. The van der Waals surface area contributed by atoms with Crippen LogP contribution in [0.4, 0.5) is 11.6 Å². The van der Waals surface area contributed by atoms with Crippen molar-refractivity contribution in [3.05, 3.63) is 70.9 Å². The third-order valence-corrected chi connectivity index (χ3v) is 7.62. The van der Waals surface area contributed by atoms with E-state index in [0.717, 1.165) is 69.2 Å². The molecule has 1 aliphatic carbocycles. The highest BCUT2D eigenvalue weighted by Crippen LogP contribution is 2.44. The van der Waals surface area contributed by atoms with Crippen molar-refractivity contribution in [3.8, 4) is 0 Å². The second-order valence-electron chi connectivity index (χ2n) is 9.71. The number of fused-ring (bicyclic) bond motifs is 3. The van der Waals surface area contributed by atoms with E-state index in [0.29, 0.717) is 5.96 Å². The molecule has 0 saturated carbocycles. The number of nitrogens with one attached hydrogen (secondary N) is 1. The average molecular weight is 498 g/mol. The van der Waals surface area contributed by atoms with Crippen LogP contribution in [-0.4, -0.2) is 59.8 Å². The summed E-state index contributed by atoms with van der Waals surface area (Å²) in [5.74, 6) is 1.16. The van der Waals surface area contributed by atoms with E-state index in [2.05, 4.69) is 76.0 Å². The first-order valence-electron chi connectivity index (χ1n) is 13.3. The van der Waals surface area contributed by atoms with Crippen LogP contribution in [0.1, 0.15) is 38.4 Å². The molecule has 1 fully saturated rings. The fraction of sp³-hybridized carbons (Fsp3) is 0.379. The zero-order valence-electron chi connectivity index (χ0n) is 21.7. The zero-order valence-corrected chi connectivity index (χ0v) is 21.7. The highest BCUT2D eigenvalue weighted by molar-refractivity contribution is 5.94. The number of benzene rings is 2. The molecule has 8 nitrogen and oxygen atoms in total. The zero-order chi connectivity index (χ0) is 25.4. The minimum Gasteiger partial charge on any atom is -0.378 e. The molecule has 1 aromatic heterocycles. The van der Waals surface area contributed by atoms with Gasteiger partial charge in [-0.3, -0.25) is 9.88 Å². The van der Waals surface area contributed by atoms with Gasteiger partial charge in [-0.2, -0.15) is 0 Å². The molecule has 3 aliphatic rings. The third kappa shape index (κ3) is 4.35. The molecule has 8 heteroatoms. The molecule has 37 heavy (non-hydrogen) atoms. The number of ether oxygens (including phenoxy) is 1. The molecule has 1 unspecified atom stereocenters. The van der Waals surface area contributed by atoms with Crippen LogP contribution in [0.25, 0.3) is 17.1 Å². The summed E-state index contributed by atoms with van der Waals surface area (Å²) in [6, 6.07) is 17.1. The van der Waals surface area contributed by atoms with Gasteiger partial charge in [0.2, 0.25) is 5.95 Å². The van der Waals surface area contributed by atoms with Crippen LogP contribution < -0.4 is 16.0 Å². The Balaban J connectivity index is 1.44. The molecule has 0 bridgehead atoms. The Labute approximate surface area is 218 Å². The normalized spacial score (nSPS) is 20.8. The van der Waals surface area contributed by atoms with Crippen LogP contribution in [0.3, 0.4) is 0 Å². The summed E-state index contributed by atoms with van der Waals surface area (Å²) in [5, 5.41) is 3.18. The molecule has 0 amide bonds. The van der Waals surface area contributed by atoms with Crippen molar-refractivity contribution in [2.45, 2.75) is 32.9 Å². The molecule has 0 radical (unpaired) electrons. The fourth-order valence-corrected chi connectivity index (χ4v) is 5.82. The topological polar surface area (TPSA) is 83.9 Å². The fourth-order valence-electron chi connectivity index (χ4n) is 5.82. The Morgan fingerprint density at radius 1 is 1.05 bits per heavy atom. The van der Waals surface area contributed by atoms with Gasteiger partial charge in [-0.15, -0.1) is 0 Å². The number of nitrogens with two attached hydrogens (primary N) is 1. The summed E-state index contributed by atoms with van der Waals surface area (Å²) in [5.41, 5.74) is 14.7. The van der Waals surface area contributed by atoms with Crippen molar-refractivity contribution in [1.82, 2.24) is 14.5 Å². The summed E-state index contributed by atoms with van der Waals surface area (Å²) in [6.07, 6.45) is 4.03. The third-order valence-electron chi connectivity index (χ3n) is 7.62. The number of anilines is 2. The maximum Gasteiger partial charge on any atom is 0.212 e. The number of nitrogens with zero attached hydrogens (tertiary/aromatic N) is 5. The van der Waals surface area contributed by atoms with Crippen molar-refractivity contribution < 1.29 is 4.74 Å². The van der Waals surface area contributed by atoms with E-state index < -0.39 is 0 Å². The van der Waals surface area contributed by atoms with E-state index in [1.807, 2.05) is 12.1 Å². The minimum atomic E-state index is -0.225. The molecule has 2 aliphatic heterocycles. The standard InChI is InChI=1S/C29H35N7O/c1-3-34(4-2)22-12-9-20(10-13-22)19-21-11-14-23(26(21)35-15-17-37-18-16-35)27-32-28(30)33-29-31-24-7-5-6-8-25(24)36(27)29/h5-10,12-13,19,27H,3-4,11,14-18H2,1-2H3,(H3,30,31,32,33)/b21-19+. The molecule has 3 N–H and O–H groups in total. The van der Waals surface area contributed by atoms with E-state index >= 15 is 0 Å². The summed E-state index contributed by atoms with van der Waals surface area (Å²) in [6.45, 7) is 9.63. The summed E-state index contributed by atoms with van der Waals surface area (Å²) in [7, 11) is 0. The average Bonchev–Trinajstić information content (AvgIpc) is 3.51. The van der Waals surface area contributed by atoms with Gasteiger partial charge < -0.3 is 20.3 Å². The molecular formula is C29H35N7O.